The highest BCUT2D eigenvalue weighted by atomic mass is 79.9. The number of likely N-dealkylation sites (N-methyl/N-ethyl adjacent to an activating group) is 1. The first kappa shape index (κ1) is 16.1. The van der Waals surface area contributed by atoms with Gasteiger partial charge in [0.05, 0.1) is 4.90 Å². The molecule has 0 fully saturated rings. The second kappa shape index (κ2) is 6.68. The van der Waals surface area contributed by atoms with Crippen LogP contribution in [0.5, 0.6) is 0 Å². The number of hydrogen-bond donors (Lipinski definition) is 0. The molecular formula is C15H17BrN2O2S. The number of hydrogen-bond acceptors (Lipinski definition) is 3. The van der Waals surface area contributed by atoms with Crippen molar-refractivity contribution < 1.29 is 8.42 Å². The Kier molecular flexibility index (Phi) is 5.13. The van der Waals surface area contributed by atoms with Crippen molar-refractivity contribution in [1.29, 1.82) is 0 Å². The van der Waals surface area contributed by atoms with E-state index in [2.05, 4.69) is 20.9 Å². The van der Waals surface area contributed by atoms with Crippen LogP contribution in [0.2, 0.25) is 0 Å². The summed E-state index contributed by atoms with van der Waals surface area (Å²) in [6.07, 6.45) is 4.08. The van der Waals surface area contributed by atoms with Crippen LogP contribution in [-0.4, -0.2) is 31.3 Å². The van der Waals surface area contributed by atoms with Crippen molar-refractivity contribution in [3.05, 3.63) is 58.3 Å². The fourth-order valence-electron chi connectivity index (χ4n) is 1.91. The summed E-state index contributed by atoms with van der Waals surface area (Å²) < 4.78 is 27.3. The van der Waals surface area contributed by atoms with Crippen LogP contribution in [0.4, 0.5) is 0 Å². The molecule has 21 heavy (non-hydrogen) atoms. The van der Waals surface area contributed by atoms with Crippen molar-refractivity contribution >= 4 is 26.0 Å². The maximum absolute atomic E-state index is 12.5. The van der Waals surface area contributed by atoms with E-state index >= 15 is 0 Å². The number of pyridine rings is 1. The first-order chi connectivity index (χ1) is 9.91. The highest BCUT2D eigenvalue weighted by molar-refractivity contribution is 9.10. The average molecular weight is 369 g/mol. The Labute approximate surface area is 134 Å². The Morgan fingerprint density at radius 2 is 1.86 bits per heavy atom. The average Bonchev–Trinajstić information content (AvgIpc) is 2.48. The molecule has 0 aliphatic rings. The molecule has 1 aromatic heterocycles. The zero-order valence-electron chi connectivity index (χ0n) is 12.0. The van der Waals surface area contributed by atoms with Crippen molar-refractivity contribution in [3.8, 4) is 0 Å². The number of rotatable bonds is 5. The topological polar surface area (TPSA) is 50.3 Å². The second-order valence-corrected chi connectivity index (χ2v) is 7.74. The van der Waals surface area contributed by atoms with Gasteiger partial charge in [0.1, 0.15) is 0 Å². The van der Waals surface area contributed by atoms with Crippen LogP contribution >= 0.6 is 15.9 Å². The Morgan fingerprint density at radius 1 is 1.19 bits per heavy atom. The maximum Gasteiger partial charge on any atom is 0.242 e. The summed E-state index contributed by atoms with van der Waals surface area (Å²) in [4.78, 5) is 4.27. The molecule has 0 unspecified atom stereocenters. The van der Waals surface area contributed by atoms with Gasteiger partial charge in [-0.15, -0.1) is 0 Å². The standard InChI is InChI=1S/C15H17BrN2O2S/c1-12-11-14(3-4-15(12)16)21(19,20)18(2)10-7-13-5-8-17-9-6-13/h3-6,8-9,11H,7,10H2,1-2H3. The summed E-state index contributed by atoms with van der Waals surface area (Å²) in [5.74, 6) is 0. The Bertz CT molecular complexity index is 718. The number of halogens is 1. The maximum atomic E-state index is 12.5. The van der Waals surface area contributed by atoms with Gasteiger partial charge in [0.15, 0.2) is 0 Å². The van der Waals surface area contributed by atoms with Gasteiger partial charge in [-0.25, -0.2) is 12.7 Å². The van der Waals surface area contributed by atoms with Crippen molar-refractivity contribution in [3.63, 3.8) is 0 Å². The Morgan fingerprint density at radius 3 is 2.48 bits per heavy atom. The van der Waals surface area contributed by atoms with E-state index in [4.69, 9.17) is 0 Å². The molecule has 0 N–H and O–H groups in total. The quantitative estimate of drug-likeness (QED) is 0.814. The van der Waals surface area contributed by atoms with Gasteiger partial charge < -0.3 is 0 Å². The van der Waals surface area contributed by atoms with Gasteiger partial charge in [-0.1, -0.05) is 15.9 Å². The van der Waals surface area contributed by atoms with Gasteiger partial charge in [0, 0.05) is 30.5 Å². The summed E-state index contributed by atoms with van der Waals surface area (Å²) in [7, 11) is -1.85. The minimum Gasteiger partial charge on any atom is -0.265 e. The van der Waals surface area contributed by atoms with E-state index in [1.54, 1.807) is 37.6 Å². The van der Waals surface area contributed by atoms with Crippen molar-refractivity contribution in [2.45, 2.75) is 18.2 Å². The minimum absolute atomic E-state index is 0.320. The Balaban J connectivity index is 2.13. The molecule has 0 atom stereocenters. The van der Waals surface area contributed by atoms with Crippen LogP contribution in [0, 0.1) is 6.92 Å². The minimum atomic E-state index is -3.45. The van der Waals surface area contributed by atoms with Crippen molar-refractivity contribution in [2.24, 2.45) is 0 Å². The molecule has 1 aromatic carbocycles. The lowest BCUT2D eigenvalue weighted by atomic mass is 10.2. The summed E-state index contributed by atoms with van der Waals surface area (Å²) in [5.41, 5.74) is 1.97. The fourth-order valence-corrected chi connectivity index (χ4v) is 3.42. The molecule has 4 nitrogen and oxygen atoms in total. The molecule has 0 amide bonds. The largest absolute Gasteiger partial charge is 0.265 e. The van der Waals surface area contributed by atoms with E-state index < -0.39 is 10.0 Å². The molecule has 2 aromatic rings. The van der Waals surface area contributed by atoms with Gasteiger partial charge in [-0.05, 0) is 54.8 Å². The van der Waals surface area contributed by atoms with Crippen LogP contribution in [0.15, 0.2) is 52.1 Å². The van der Waals surface area contributed by atoms with E-state index in [0.29, 0.717) is 17.9 Å². The third kappa shape index (κ3) is 3.90. The summed E-state index contributed by atoms with van der Waals surface area (Å²) >= 11 is 3.38. The summed E-state index contributed by atoms with van der Waals surface area (Å²) in [6, 6.07) is 8.85. The van der Waals surface area contributed by atoms with Gasteiger partial charge in [-0.2, -0.15) is 0 Å². The summed E-state index contributed by atoms with van der Waals surface area (Å²) in [6.45, 7) is 2.31. The van der Waals surface area contributed by atoms with Crippen LogP contribution in [-0.2, 0) is 16.4 Å². The molecule has 0 radical (unpaired) electrons. The van der Waals surface area contributed by atoms with Crippen LogP contribution in [0.3, 0.4) is 0 Å². The molecule has 0 spiro atoms. The van der Waals surface area contributed by atoms with Gasteiger partial charge in [0.25, 0.3) is 0 Å². The van der Waals surface area contributed by atoms with E-state index in [1.807, 2.05) is 19.1 Å². The number of nitrogens with zero attached hydrogens (tertiary/aromatic N) is 2. The number of sulfonamides is 1. The van der Waals surface area contributed by atoms with E-state index in [-0.39, 0.29) is 0 Å². The first-order valence-electron chi connectivity index (χ1n) is 6.52. The highest BCUT2D eigenvalue weighted by Gasteiger charge is 2.20. The van der Waals surface area contributed by atoms with Gasteiger partial charge in [-0.3, -0.25) is 4.98 Å². The number of aromatic nitrogens is 1. The monoisotopic (exact) mass is 368 g/mol. The number of benzene rings is 1. The Hall–Kier alpha value is -1.24. The molecule has 0 saturated carbocycles. The SMILES string of the molecule is Cc1cc(S(=O)(=O)N(C)CCc2ccncc2)ccc1Br. The molecule has 112 valence electrons. The zero-order valence-corrected chi connectivity index (χ0v) is 14.4. The molecule has 0 bridgehead atoms. The normalized spacial score (nSPS) is 11.8. The van der Waals surface area contributed by atoms with Crippen molar-refractivity contribution in [2.75, 3.05) is 13.6 Å². The molecule has 0 aliphatic carbocycles. The van der Waals surface area contributed by atoms with E-state index in [0.717, 1.165) is 15.6 Å². The highest BCUT2D eigenvalue weighted by Crippen LogP contribution is 2.22. The lowest BCUT2D eigenvalue weighted by Crippen LogP contribution is -2.29. The zero-order chi connectivity index (χ0) is 15.5. The molecular weight excluding hydrogens is 352 g/mol. The second-order valence-electron chi connectivity index (χ2n) is 4.84. The fraction of sp³-hybridized carbons (Fsp3) is 0.267. The van der Waals surface area contributed by atoms with Crippen LogP contribution in [0.1, 0.15) is 11.1 Å². The van der Waals surface area contributed by atoms with Gasteiger partial charge in [0.2, 0.25) is 10.0 Å². The lowest BCUT2D eigenvalue weighted by molar-refractivity contribution is 0.472. The third-order valence-electron chi connectivity index (χ3n) is 3.30. The molecule has 1 heterocycles. The molecule has 0 aliphatic heterocycles. The molecule has 0 saturated heterocycles. The van der Waals surface area contributed by atoms with Gasteiger partial charge >= 0.3 is 0 Å². The smallest absolute Gasteiger partial charge is 0.242 e. The first-order valence-corrected chi connectivity index (χ1v) is 8.76. The van der Waals surface area contributed by atoms with Crippen LogP contribution in [0.25, 0.3) is 0 Å². The molecule has 6 heteroatoms. The summed E-state index contributed by atoms with van der Waals surface area (Å²) in [5, 5.41) is 0. The predicted octanol–water partition coefficient (Wildman–Crippen LogP) is 3.02. The predicted molar refractivity (Wildman–Crippen MR) is 86.6 cm³/mol. The lowest BCUT2D eigenvalue weighted by Gasteiger charge is -2.17. The van der Waals surface area contributed by atoms with E-state index in [1.165, 1.54) is 4.31 Å². The third-order valence-corrected chi connectivity index (χ3v) is 6.04. The molecule has 2 rings (SSSR count). The van der Waals surface area contributed by atoms with E-state index in [9.17, 15) is 8.42 Å². The van der Waals surface area contributed by atoms with Crippen LogP contribution < -0.4 is 0 Å². The van der Waals surface area contributed by atoms with Crippen molar-refractivity contribution in [1.82, 2.24) is 9.29 Å². The number of aryl methyl sites for hydroxylation is 1.